The van der Waals surface area contributed by atoms with Gasteiger partial charge in [0.05, 0.1) is 6.61 Å². The average molecular weight is 557 g/mol. The van der Waals surface area contributed by atoms with Crippen LogP contribution in [0.15, 0.2) is 60.7 Å². The van der Waals surface area contributed by atoms with Crippen molar-refractivity contribution in [3.05, 3.63) is 77.6 Å². The zero-order valence-electron chi connectivity index (χ0n) is 22.6. The third-order valence-electron chi connectivity index (χ3n) is 6.66. The highest BCUT2D eigenvalue weighted by Gasteiger charge is 2.22. The Balaban J connectivity index is 1.34. The number of alkyl halides is 2. The number of nitrogens with one attached hydrogen (secondary N) is 1. The number of hydrogen-bond acceptors (Lipinski definition) is 5. The first-order valence-electron chi connectivity index (χ1n) is 13.6. The zero-order valence-corrected chi connectivity index (χ0v) is 22.6. The van der Waals surface area contributed by atoms with Gasteiger partial charge in [0, 0.05) is 42.9 Å². The fourth-order valence-electron chi connectivity index (χ4n) is 4.75. The maximum atomic E-state index is 13.4. The Bertz CT molecular complexity index is 1220. The van der Waals surface area contributed by atoms with Crippen LogP contribution in [0, 0.1) is 5.82 Å². The van der Waals surface area contributed by atoms with E-state index in [1.54, 1.807) is 12.1 Å². The van der Waals surface area contributed by atoms with Gasteiger partial charge in [0.25, 0.3) is 5.91 Å². The van der Waals surface area contributed by atoms with Crippen LogP contribution in [-0.4, -0.2) is 63.1 Å². The smallest absolute Gasteiger partial charge is 0.251 e. The van der Waals surface area contributed by atoms with Gasteiger partial charge in [0.2, 0.25) is 0 Å². The molecule has 9 heteroatoms. The molecule has 0 atom stereocenters. The summed E-state index contributed by atoms with van der Waals surface area (Å²) in [6, 6.07) is 17.1. The number of benzene rings is 3. The summed E-state index contributed by atoms with van der Waals surface area (Å²) in [4.78, 5) is 15.3. The molecule has 1 amide bonds. The largest absolute Gasteiger partial charge is 0.493 e. The van der Waals surface area contributed by atoms with Crippen molar-refractivity contribution in [3.8, 4) is 28.4 Å². The molecule has 0 bridgehead atoms. The molecule has 0 spiro atoms. The lowest BCUT2D eigenvalue weighted by atomic mass is 10.0. The normalized spacial score (nSPS) is 14.1. The number of carbonyl (C=O) groups excluding carboxylic acids is 1. The Morgan fingerprint density at radius 3 is 2.15 bits per heavy atom. The number of ether oxygens (including phenoxy) is 3. The molecule has 214 valence electrons. The van der Waals surface area contributed by atoms with E-state index in [0.29, 0.717) is 23.7 Å². The molecule has 1 fully saturated rings. The second kappa shape index (κ2) is 14.6. The molecule has 1 aliphatic rings. The maximum absolute atomic E-state index is 13.4. The third kappa shape index (κ3) is 8.14. The quantitative estimate of drug-likeness (QED) is 0.281. The first-order valence-corrected chi connectivity index (χ1v) is 13.6. The van der Waals surface area contributed by atoms with E-state index < -0.39 is 13.3 Å². The van der Waals surface area contributed by atoms with Crippen LogP contribution in [0.5, 0.6) is 17.2 Å². The number of rotatable bonds is 13. The number of piperidine rings is 1. The van der Waals surface area contributed by atoms with Gasteiger partial charge in [-0.1, -0.05) is 24.3 Å². The van der Waals surface area contributed by atoms with E-state index in [1.807, 2.05) is 19.1 Å². The Labute approximate surface area is 233 Å². The van der Waals surface area contributed by atoms with Crippen LogP contribution in [0.1, 0.15) is 35.7 Å². The first kappa shape index (κ1) is 29.3. The molecule has 1 saturated heterocycles. The molecule has 6 nitrogen and oxygen atoms in total. The summed E-state index contributed by atoms with van der Waals surface area (Å²) in [5, 5.41) is 3.07. The predicted molar refractivity (Wildman–Crippen MR) is 148 cm³/mol. The second-order valence-corrected chi connectivity index (χ2v) is 9.56. The van der Waals surface area contributed by atoms with Crippen LogP contribution < -0.4 is 19.5 Å². The molecular formula is C31H35F3N2O4. The Morgan fingerprint density at radius 1 is 0.900 bits per heavy atom. The van der Waals surface area contributed by atoms with Gasteiger partial charge in [-0.2, -0.15) is 0 Å². The molecule has 40 heavy (non-hydrogen) atoms. The molecule has 0 aliphatic carbocycles. The van der Waals surface area contributed by atoms with Gasteiger partial charge < -0.3 is 19.5 Å². The van der Waals surface area contributed by atoms with Crippen LogP contribution in [0.4, 0.5) is 13.2 Å². The summed E-state index contributed by atoms with van der Waals surface area (Å²) < 4.78 is 55.1. The third-order valence-corrected chi connectivity index (χ3v) is 6.66. The van der Waals surface area contributed by atoms with Crippen LogP contribution in [0.25, 0.3) is 11.1 Å². The van der Waals surface area contributed by atoms with Crippen LogP contribution in [-0.2, 0) is 6.54 Å². The van der Waals surface area contributed by atoms with Gasteiger partial charge in [-0.05, 0) is 61.2 Å². The summed E-state index contributed by atoms with van der Waals surface area (Å²) in [6.45, 7) is 3.19. The van der Waals surface area contributed by atoms with Crippen molar-refractivity contribution in [2.45, 2.75) is 32.4 Å². The van der Waals surface area contributed by atoms with Crippen LogP contribution in [0.2, 0.25) is 0 Å². The zero-order chi connectivity index (χ0) is 28.3. The summed E-state index contributed by atoms with van der Waals surface area (Å²) in [5.74, 6) is 0.798. The van der Waals surface area contributed by atoms with E-state index in [9.17, 15) is 18.0 Å². The molecular weight excluding hydrogens is 521 g/mol. The molecule has 1 heterocycles. The van der Waals surface area contributed by atoms with E-state index in [4.69, 9.17) is 14.2 Å². The summed E-state index contributed by atoms with van der Waals surface area (Å²) in [5.41, 5.74) is 3.25. The van der Waals surface area contributed by atoms with Crippen molar-refractivity contribution in [1.29, 1.82) is 0 Å². The molecule has 1 N–H and O–H groups in total. The van der Waals surface area contributed by atoms with Gasteiger partial charge >= 0.3 is 0 Å². The lowest BCUT2D eigenvalue weighted by Gasteiger charge is -2.32. The molecule has 0 aromatic heterocycles. The SMILES string of the molecule is CCOc1cc(CN2CCC(NC(=O)c3cc(OCCF)cc(OCCF)c3)CC2)ccc1-c1ccc(F)cc1. The predicted octanol–water partition coefficient (Wildman–Crippen LogP) is 5.98. The van der Waals surface area contributed by atoms with Gasteiger partial charge in [0.15, 0.2) is 0 Å². The summed E-state index contributed by atoms with van der Waals surface area (Å²) in [7, 11) is 0. The molecule has 0 radical (unpaired) electrons. The number of likely N-dealkylation sites (tertiary alicyclic amines) is 1. The molecule has 1 aliphatic heterocycles. The number of amides is 1. The molecule has 4 rings (SSSR count). The highest BCUT2D eigenvalue weighted by atomic mass is 19.1. The summed E-state index contributed by atoms with van der Waals surface area (Å²) in [6.07, 6.45) is 1.56. The number of halogens is 3. The molecule has 3 aromatic rings. The second-order valence-electron chi connectivity index (χ2n) is 9.56. The van der Waals surface area contributed by atoms with Crippen LogP contribution in [0.3, 0.4) is 0 Å². The van der Waals surface area contributed by atoms with Gasteiger partial charge in [-0.15, -0.1) is 0 Å². The minimum atomic E-state index is -0.666. The van der Waals surface area contributed by atoms with E-state index >= 15 is 0 Å². The van der Waals surface area contributed by atoms with Gasteiger partial charge in [0.1, 0.15) is 49.6 Å². The fourth-order valence-corrected chi connectivity index (χ4v) is 4.75. The number of hydrogen-bond donors (Lipinski definition) is 1. The Hall–Kier alpha value is -3.72. The van der Waals surface area contributed by atoms with Crippen molar-refractivity contribution < 1.29 is 32.2 Å². The molecule has 3 aromatic carbocycles. The van der Waals surface area contributed by atoms with Gasteiger partial charge in [-0.25, -0.2) is 13.2 Å². The van der Waals surface area contributed by atoms with E-state index in [0.717, 1.165) is 54.9 Å². The first-order chi connectivity index (χ1) is 19.5. The lowest BCUT2D eigenvalue weighted by molar-refractivity contribution is 0.0908. The van der Waals surface area contributed by atoms with E-state index in [-0.39, 0.29) is 31.0 Å². The Morgan fingerprint density at radius 2 is 1.55 bits per heavy atom. The highest BCUT2D eigenvalue weighted by molar-refractivity contribution is 5.95. The fraction of sp³-hybridized carbons (Fsp3) is 0.387. The van der Waals surface area contributed by atoms with E-state index in [2.05, 4.69) is 16.3 Å². The van der Waals surface area contributed by atoms with E-state index in [1.165, 1.54) is 30.3 Å². The lowest BCUT2D eigenvalue weighted by Crippen LogP contribution is -2.44. The minimum Gasteiger partial charge on any atom is -0.493 e. The van der Waals surface area contributed by atoms with Crippen molar-refractivity contribution in [3.63, 3.8) is 0 Å². The minimum absolute atomic E-state index is 0.00536. The standard InChI is InChI=1S/C31H35F3N2O4/c1-2-38-30-17-22(3-8-29(30)23-4-6-25(34)7-5-23)21-36-13-9-26(10-14-36)35-31(37)24-18-27(39-15-11-32)20-28(19-24)40-16-12-33/h3-8,17-20,26H,2,9-16,21H2,1H3,(H,35,37). The maximum Gasteiger partial charge on any atom is 0.251 e. The number of nitrogens with zero attached hydrogens (tertiary/aromatic N) is 1. The van der Waals surface area contributed by atoms with Crippen LogP contribution >= 0.6 is 0 Å². The van der Waals surface area contributed by atoms with Crippen molar-refractivity contribution in [1.82, 2.24) is 10.2 Å². The summed E-state index contributed by atoms with van der Waals surface area (Å²) >= 11 is 0. The monoisotopic (exact) mass is 556 g/mol. The molecule has 0 unspecified atom stereocenters. The average Bonchev–Trinajstić information content (AvgIpc) is 2.97. The topological polar surface area (TPSA) is 60.0 Å². The van der Waals surface area contributed by atoms with Gasteiger partial charge in [-0.3, -0.25) is 9.69 Å². The number of carbonyl (C=O) groups is 1. The Kier molecular flexibility index (Phi) is 10.7. The molecule has 0 saturated carbocycles. The highest BCUT2D eigenvalue weighted by Crippen LogP contribution is 2.32. The van der Waals surface area contributed by atoms with Crippen molar-refractivity contribution in [2.24, 2.45) is 0 Å². The van der Waals surface area contributed by atoms with Crippen molar-refractivity contribution in [2.75, 3.05) is 46.3 Å². The van der Waals surface area contributed by atoms with Crippen molar-refractivity contribution >= 4 is 5.91 Å².